The van der Waals surface area contributed by atoms with Crippen molar-refractivity contribution in [3.8, 4) is 0 Å². The topological polar surface area (TPSA) is 69.8 Å². The third-order valence-electron chi connectivity index (χ3n) is 4.78. The van der Waals surface area contributed by atoms with Gasteiger partial charge in [-0.2, -0.15) is 0 Å². The molecule has 116 valence electrons. The summed E-state index contributed by atoms with van der Waals surface area (Å²) in [7, 11) is 0. The standard InChI is InChI=1S/C15H29N3O2/c16-12-13-3-1-4-14(11-13)15(20)18-6-2-5-17(7-8-18)9-10-19/h13-14,19H,1-12,16H2. The molecule has 2 aliphatic rings. The Balaban J connectivity index is 1.85. The first-order valence-electron chi connectivity index (χ1n) is 8.06. The highest BCUT2D eigenvalue weighted by molar-refractivity contribution is 5.79. The fourth-order valence-electron chi connectivity index (χ4n) is 3.54. The van der Waals surface area contributed by atoms with Gasteiger partial charge in [0.25, 0.3) is 0 Å². The number of nitrogens with zero attached hydrogens (tertiary/aromatic N) is 2. The van der Waals surface area contributed by atoms with Crippen molar-refractivity contribution < 1.29 is 9.90 Å². The molecule has 5 nitrogen and oxygen atoms in total. The number of rotatable bonds is 4. The monoisotopic (exact) mass is 283 g/mol. The van der Waals surface area contributed by atoms with E-state index < -0.39 is 0 Å². The van der Waals surface area contributed by atoms with Crippen molar-refractivity contribution in [3.63, 3.8) is 0 Å². The molecule has 1 aliphatic heterocycles. The van der Waals surface area contributed by atoms with Gasteiger partial charge in [-0.15, -0.1) is 0 Å². The average Bonchev–Trinajstić information content (AvgIpc) is 2.73. The summed E-state index contributed by atoms with van der Waals surface area (Å²) in [4.78, 5) is 16.9. The summed E-state index contributed by atoms with van der Waals surface area (Å²) in [6.07, 6.45) is 5.35. The molecule has 20 heavy (non-hydrogen) atoms. The van der Waals surface area contributed by atoms with Crippen LogP contribution < -0.4 is 5.73 Å². The molecule has 1 amide bonds. The second-order valence-electron chi connectivity index (χ2n) is 6.21. The van der Waals surface area contributed by atoms with E-state index in [1.54, 1.807) is 0 Å². The second-order valence-corrected chi connectivity index (χ2v) is 6.21. The molecule has 0 aromatic heterocycles. The summed E-state index contributed by atoms with van der Waals surface area (Å²) in [5, 5.41) is 9.01. The predicted octanol–water partition coefficient (Wildman–Crippen LogP) is 0.278. The van der Waals surface area contributed by atoms with Gasteiger partial charge in [-0.05, 0) is 44.7 Å². The molecule has 1 heterocycles. The summed E-state index contributed by atoms with van der Waals surface area (Å²) < 4.78 is 0. The van der Waals surface area contributed by atoms with Crippen LogP contribution in [-0.2, 0) is 4.79 Å². The quantitative estimate of drug-likeness (QED) is 0.777. The summed E-state index contributed by atoms with van der Waals surface area (Å²) >= 11 is 0. The SMILES string of the molecule is NCC1CCCC(C(=O)N2CCCN(CCO)CC2)C1. The van der Waals surface area contributed by atoms with E-state index in [-0.39, 0.29) is 12.5 Å². The number of aliphatic hydroxyl groups is 1. The Labute approximate surface area is 122 Å². The maximum absolute atomic E-state index is 12.6. The van der Waals surface area contributed by atoms with Crippen LogP contribution in [0.1, 0.15) is 32.1 Å². The van der Waals surface area contributed by atoms with Crippen LogP contribution in [0.5, 0.6) is 0 Å². The van der Waals surface area contributed by atoms with Gasteiger partial charge in [0.15, 0.2) is 0 Å². The fourth-order valence-corrected chi connectivity index (χ4v) is 3.54. The van der Waals surface area contributed by atoms with E-state index in [2.05, 4.69) is 4.90 Å². The van der Waals surface area contributed by atoms with E-state index in [1.807, 2.05) is 4.90 Å². The normalized spacial score (nSPS) is 29.2. The van der Waals surface area contributed by atoms with Gasteiger partial charge < -0.3 is 15.7 Å². The summed E-state index contributed by atoms with van der Waals surface area (Å²) in [5.41, 5.74) is 5.77. The van der Waals surface area contributed by atoms with Crippen LogP contribution in [0.4, 0.5) is 0 Å². The molecule has 0 aromatic rings. The van der Waals surface area contributed by atoms with Crippen LogP contribution >= 0.6 is 0 Å². The fraction of sp³-hybridized carbons (Fsp3) is 0.933. The van der Waals surface area contributed by atoms with Crippen LogP contribution in [0.2, 0.25) is 0 Å². The predicted molar refractivity (Wildman–Crippen MR) is 79.2 cm³/mol. The molecule has 3 N–H and O–H groups in total. The van der Waals surface area contributed by atoms with Gasteiger partial charge in [-0.3, -0.25) is 9.69 Å². The number of aliphatic hydroxyl groups excluding tert-OH is 1. The third kappa shape index (κ3) is 4.17. The first-order valence-corrected chi connectivity index (χ1v) is 8.06. The minimum absolute atomic E-state index is 0.196. The minimum Gasteiger partial charge on any atom is -0.395 e. The van der Waals surface area contributed by atoms with Crippen molar-refractivity contribution in [1.82, 2.24) is 9.80 Å². The average molecular weight is 283 g/mol. The van der Waals surface area contributed by atoms with Crippen LogP contribution in [-0.4, -0.2) is 66.7 Å². The van der Waals surface area contributed by atoms with Gasteiger partial charge >= 0.3 is 0 Å². The molecule has 5 heteroatoms. The van der Waals surface area contributed by atoms with Gasteiger partial charge in [-0.25, -0.2) is 0 Å². The zero-order chi connectivity index (χ0) is 14.4. The molecule has 1 saturated carbocycles. The minimum atomic E-state index is 0.196. The van der Waals surface area contributed by atoms with E-state index in [4.69, 9.17) is 10.8 Å². The highest BCUT2D eigenvalue weighted by atomic mass is 16.3. The Hall–Kier alpha value is -0.650. The Kier molecular flexibility index (Phi) is 6.26. The van der Waals surface area contributed by atoms with Crippen LogP contribution in [0.15, 0.2) is 0 Å². The highest BCUT2D eigenvalue weighted by Gasteiger charge is 2.30. The molecule has 1 saturated heterocycles. The lowest BCUT2D eigenvalue weighted by Gasteiger charge is -2.31. The molecular weight excluding hydrogens is 254 g/mol. The summed E-state index contributed by atoms with van der Waals surface area (Å²) in [6, 6.07) is 0. The Morgan fingerprint density at radius 2 is 2.00 bits per heavy atom. The van der Waals surface area contributed by atoms with Gasteiger partial charge in [-0.1, -0.05) is 6.42 Å². The van der Waals surface area contributed by atoms with Gasteiger partial charge in [0.1, 0.15) is 0 Å². The van der Waals surface area contributed by atoms with Crippen LogP contribution in [0.25, 0.3) is 0 Å². The molecule has 2 fully saturated rings. The van der Waals surface area contributed by atoms with E-state index in [0.717, 1.165) is 58.4 Å². The number of β-amino-alcohol motifs (C(OH)–C–C–N with tert-alkyl or cyclic N) is 1. The van der Waals surface area contributed by atoms with E-state index in [0.29, 0.717) is 18.4 Å². The molecule has 2 atom stereocenters. The molecule has 0 aromatic carbocycles. The number of carbonyl (C=O) groups excluding carboxylic acids is 1. The zero-order valence-electron chi connectivity index (χ0n) is 12.5. The highest BCUT2D eigenvalue weighted by Crippen LogP contribution is 2.30. The molecule has 1 aliphatic carbocycles. The maximum Gasteiger partial charge on any atom is 0.225 e. The van der Waals surface area contributed by atoms with Gasteiger partial charge in [0.2, 0.25) is 5.91 Å². The van der Waals surface area contributed by atoms with Crippen molar-refractivity contribution in [2.45, 2.75) is 32.1 Å². The Bertz CT molecular complexity index is 311. The first-order chi connectivity index (χ1) is 9.74. The van der Waals surface area contributed by atoms with E-state index in [9.17, 15) is 4.79 Å². The van der Waals surface area contributed by atoms with Gasteiger partial charge in [0.05, 0.1) is 6.61 Å². The molecule has 0 bridgehead atoms. The first kappa shape index (κ1) is 15.7. The van der Waals surface area contributed by atoms with Crippen LogP contribution in [0, 0.1) is 11.8 Å². The van der Waals surface area contributed by atoms with E-state index >= 15 is 0 Å². The number of hydrogen-bond acceptors (Lipinski definition) is 4. The molecular formula is C15H29N3O2. The van der Waals surface area contributed by atoms with Crippen LogP contribution in [0.3, 0.4) is 0 Å². The van der Waals surface area contributed by atoms with Crippen molar-refractivity contribution >= 4 is 5.91 Å². The molecule has 0 spiro atoms. The zero-order valence-corrected chi connectivity index (χ0v) is 12.5. The van der Waals surface area contributed by atoms with Crippen molar-refractivity contribution in [3.05, 3.63) is 0 Å². The van der Waals surface area contributed by atoms with E-state index in [1.165, 1.54) is 6.42 Å². The Morgan fingerprint density at radius 3 is 2.75 bits per heavy atom. The Morgan fingerprint density at radius 1 is 1.15 bits per heavy atom. The number of hydrogen-bond donors (Lipinski definition) is 2. The second kappa shape index (κ2) is 7.96. The molecule has 2 unspecified atom stereocenters. The third-order valence-corrected chi connectivity index (χ3v) is 4.78. The lowest BCUT2D eigenvalue weighted by Crippen LogP contribution is -2.41. The maximum atomic E-state index is 12.6. The van der Waals surface area contributed by atoms with Crippen molar-refractivity contribution in [2.75, 3.05) is 45.9 Å². The lowest BCUT2D eigenvalue weighted by atomic mass is 9.80. The lowest BCUT2D eigenvalue weighted by molar-refractivity contribution is -0.137. The van der Waals surface area contributed by atoms with Crippen molar-refractivity contribution in [2.24, 2.45) is 17.6 Å². The number of nitrogens with two attached hydrogens (primary N) is 1. The number of carbonyl (C=O) groups is 1. The smallest absolute Gasteiger partial charge is 0.225 e. The van der Waals surface area contributed by atoms with Gasteiger partial charge in [0, 0.05) is 32.1 Å². The molecule has 2 rings (SSSR count). The largest absolute Gasteiger partial charge is 0.395 e. The number of amides is 1. The van der Waals surface area contributed by atoms with Crippen molar-refractivity contribution in [1.29, 1.82) is 0 Å². The summed E-state index contributed by atoms with van der Waals surface area (Å²) in [5.74, 6) is 1.08. The summed E-state index contributed by atoms with van der Waals surface area (Å²) in [6.45, 7) is 5.19. The molecule has 0 radical (unpaired) electrons.